The van der Waals surface area contributed by atoms with Gasteiger partial charge in [-0.2, -0.15) is 0 Å². The molecule has 7 nitrogen and oxygen atoms in total. The van der Waals surface area contributed by atoms with Crippen LogP contribution in [-0.2, 0) is 12.8 Å². The lowest BCUT2D eigenvalue weighted by Crippen LogP contribution is -2.27. The Morgan fingerprint density at radius 2 is 1.77 bits per heavy atom. The average molecular weight is 492 g/mol. The molecule has 1 saturated carbocycles. The van der Waals surface area contributed by atoms with E-state index in [1.54, 1.807) is 0 Å². The quantitative estimate of drug-likeness (QED) is 0.379. The fraction of sp³-hybridized carbons (Fsp3) is 0.407. The highest BCUT2D eigenvalue weighted by molar-refractivity contribution is 5.85. The number of fused-ring (bicyclic) bond motifs is 1. The van der Waals surface area contributed by atoms with Crippen LogP contribution >= 0.6 is 12.4 Å². The number of hydrogen-bond donors (Lipinski definition) is 2. The molecule has 1 unspecified atom stereocenters. The molecule has 1 aliphatic rings. The predicted molar refractivity (Wildman–Crippen MR) is 141 cm³/mol. The first-order valence-electron chi connectivity index (χ1n) is 12.3. The number of aromatic nitrogens is 5. The highest BCUT2D eigenvalue weighted by Crippen LogP contribution is 2.28. The lowest BCUT2D eigenvalue weighted by atomic mass is 9.84. The second kappa shape index (κ2) is 11.7. The maximum atomic E-state index is 6.09. The van der Waals surface area contributed by atoms with Crippen LogP contribution in [0.4, 0.5) is 0 Å². The Labute approximate surface area is 212 Å². The van der Waals surface area contributed by atoms with Crippen molar-refractivity contribution in [2.24, 2.45) is 17.4 Å². The topological polar surface area (TPSA) is 108 Å². The molecular formula is C27H34ClN7. The molecule has 0 saturated heterocycles. The summed E-state index contributed by atoms with van der Waals surface area (Å²) in [4.78, 5) is 18.9. The fourth-order valence-corrected chi connectivity index (χ4v) is 5.15. The number of rotatable bonds is 8. The highest BCUT2D eigenvalue weighted by atomic mass is 35.5. The zero-order chi connectivity index (χ0) is 23.3. The number of halogens is 1. The summed E-state index contributed by atoms with van der Waals surface area (Å²) < 4.78 is 2.11. The van der Waals surface area contributed by atoms with Gasteiger partial charge in [-0.3, -0.25) is 9.38 Å². The van der Waals surface area contributed by atoms with Crippen molar-refractivity contribution < 1.29 is 0 Å². The first-order chi connectivity index (χ1) is 16.7. The molecule has 0 amide bonds. The first-order valence-corrected chi connectivity index (χ1v) is 12.3. The van der Waals surface area contributed by atoms with Crippen LogP contribution in [0, 0.1) is 5.92 Å². The van der Waals surface area contributed by atoms with E-state index < -0.39 is 0 Å². The summed E-state index contributed by atoms with van der Waals surface area (Å²) in [5.41, 5.74) is 17.1. The van der Waals surface area contributed by atoms with Crippen LogP contribution in [0.5, 0.6) is 0 Å². The van der Waals surface area contributed by atoms with Gasteiger partial charge in [0.25, 0.3) is 0 Å². The van der Waals surface area contributed by atoms with Crippen molar-refractivity contribution in [2.75, 3.05) is 6.54 Å². The third kappa shape index (κ3) is 5.86. The Morgan fingerprint density at radius 3 is 2.54 bits per heavy atom. The molecule has 0 bridgehead atoms. The SMILES string of the molecule is Cl.NCCC(Cc1nccc(-c2cnc3c(CC4CCC(N)CC4)nccn23)n1)c1ccccc1. The summed E-state index contributed by atoms with van der Waals surface area (Å²) in [6.07, 6.45) is 14.7. The Bertz CT molecular complexity index is 1220. The molecule has 1 atom stereocenters. The summed E-state index contributed by atoms with van der Waals surface area (Å²) in [5, 5.41) is 0. The van der Waals surface area contributed by atoms with E-state index in [1.807, 2.05) is 36.9 Å². The molecule has 4 N–H and O–H groups in total. The van der Waals surface area contributed by atoms with Gasteiger partial charge in [0, 0.05) is 31.1 Å². The van der Waals surface area contributed by atoms with Gasteiger partial charge in [0.15, 0.2) is 5.65 Å². The molecule has 184 valence electrons. The molecular weight excluding hydrogens is 458 g/mol. The second-order valence-electron chi connectivity index (χ2n) is 9.44. The molecule has 0 radical (unpaired) electrons. The zero-order valence-electron chi connectivity index (χ0n) is 20.0. The van der Waals surface area contributed by atoms with E-state index in [9.17, 15) is 0 Å². The number of imidazole rings is 1. The number of benzene rings is 1. The Morgan fingerprint density at radius 1 is 0.971 bits per heavy atom. The van der Waals surface area contributed by atoms with Crippen molar-refractivity contribution in [3.8, 4) is 11.4 Å². The van der Waals surface area contributed by atoms with E-state index in [2.05, 4.69) is 38.6 Å². The van der Waals surface area contributed by atoms with Gasteiger partial charge in [0.2, 0.25) is 0 Å². The van der Waals surface area contributed by atoms with Gasteiger partial charge in [-0.1, -0.05) is 30.3 Å². The van der Waals surface area contributed by atoms with E-state index >= 15 is 0 Å². The summed E-state index contributed by atoms with van der Waals surface area (Å²) in [7, 11) is 0. The van der Waals surface area contributed by atoms with Crippen LogP contribution in [0.15, 0.2) is 61.2 Å². The number of nitrogens with zero attached hydrogens (tertiary/aromatic N) is 5. The lowest BCUT2D eigenvalue weighted by molar-refractivity contribution is 0.323. The number of nitrogens with two attached hydrogens (primary N) is 2. The highest BCUT2D eigenvalue weighted by Gasteiger charge is 2.21. The average Bonchev–Trinajstić information content (AvgIpc) is 3.31. The summed E-state index contributed by atoms with van der Waals surface area (Å²) >= 11 is 0. The van der Waals surface area contributed by atoms with E-state index in [0.29, 0.717) is 24.4 Å². The summed E-state index contributed by atoms with van der Waals surface area (Å²) in [6, 6.07) is 12.8. The molecule has 35 heavy (non-hydrogen) atoms. The van der Waals surface area contributed by atoms with Gasteiger partial charge < -0.3 is 11.5 Å². The van der Waals surface area contributed by atoms with Crippen molar-refractivity contribution in [1.82, 2.24) is 24.3 Å². The van der Waals surface area contributed by atoms with Gasteiger partial charge in [0.1, 0.15) is 5.82 Å². The lowest BCUT2D eigenvalue weighted by Gasteiger charge is -2.25. The maximum Gasteiger partial charge on any atom is 0.159 e. The third-order valence-electron chi connectivity index (χ3n) is 7.06. The molecule has 0 aliphatic heterocycles. The van der Waals surface area contributed by atoms with Crippen molar-refractivity contribution in [3.05, 3.63) is 78.3 Å². The number of hydrogen-bond acceptors (Lipinski definition) is 6. The van der Waals surface area contributed by atoms with E-state index in [0.717, 1.165) is 73.5 Å². The molecule has 3 heterocycles. The summed E-state index contributed by atoms with van der Waals surface area (Å²) in [5.74, 6) is 1.74. The van der Waals surface area contributed by atoms with Crippen LogP contribution in [0.1, 0.15) is 55.1 Å². The second-order valence-corrected chi connectivity index (χ2v) is 9.44. The summed E-state index contributed by atoms with van der Waals surface area (Å²) in [6.45, 7) is 0.634. The van der Waals surface area contributed by atoms with Crippen molar-refractivity contribution >= 4 is 18.1 Å². The molecule has 1 aromatic carbocycles. The van der Waals surface area contributed by atoms with E-state index in [4.69, 9.17) is 21.4 Å². The minimum Gasteiger partial charge on any atom is -0.330 e. The van der Waals surface area contributed by atoms with Gasteiger partial charge in [0.05, 0.1) is 23.3 Å². The normalized spacial score (nSPS) is 18.8. The van der Waals surface area contributed by atoms with Crippen molar-refractivity contribution in [2.45, 2.75) is 56.9 Å². The molecule has 5 rings (SSSR count). The molecule has 1 fully saturated rings. The van der Waals surface area contributed by atoms with Gasteiger partial charge in [-0.15, -0.1) is 12.4 Å². The Kier molecular flexibility index (Phi) is 8.44. The van der Waals surface area contributed by atoms with E-state index in [1.165, 1.54) is 5.56 Å². The zero-order valence-corrected chi connectivity index (χ0v) is 20.8. The molecule has 8 heteroatoms. The van der Waals surface area contributed by atoms with Crippen LogP contribution in [0.2, 0.25) is 0 Å². The molecule has 4 aromatic rings. The molecule has 0 spiro atoms. The molecule has 1 aliphatic carbocycles. The minimum atomic E-state index is 0. The third-order valence-corrected chi connectivity index (χ3v) is 7.06. The largest absolute Gasteiger partial charge is 0.330 e. The van der Waals surface area contributed by atoms with Crippen molar-refractivity contribution in [3.63, 3.8) is 0 Å². The maximum absolute atomic E-state index is 6.09. The monoisotopic (exact) mass is 491 g/mol. The minimum absolute atomic E-state index is 0. The van der Waals surface area contributed by atoms with Crippen LogP contribution in [0.3, 0.4) is 0 Å². The van der Waals surface area contributed by atoms with Crippen LogP contribution in [0.25, 0.3) is 17.0 Å². The smallest absolute Gasteiger partial charge is 0.159 e. The standard InChI is InChI=1S/C27H33N7.ClH/c28-12-10-21(20-4-2-1-3-5-20)17-26-31-13-11-23(33-26)25-18-32-27-24(30-14-15-34(25)27)16-19-6-8-22(29)9-7-19;/h1-5,11,13-15,18-19,21-22H,6-10,12,16-17,28-29H2;1H. The predicted octanol–water partition coefficient (Wildman–Crippen LogP) is 4.34. The van der Waals surface area contributed by atoms with Crippen LogP contribution in [-0.4, -0.2) is 36.9 Å². The molecule has 3 aromatic heterocycles. The van der Waals surface area contributed by atoms with Crippen LogP contribution < -0.4 is 11.5 Å². The fourth-order valence-electron chi connectivity index (χ4n) is 5.15. The van der Waals surface area contributed by atoms with Gasteiger partial charge in [-0.05, 0) is 68.5 Å². The Hall–Kier alpha value is -2.87. The van der Waals surface area contributed by atoms with Gasteiger partial charge in [-0.25, -0.2) is 15.0 Å². The Balaban J connectivity index is 0.00000289. The van der Waals surface area contributed by atoms with E-state index in [-0.39, 0.29) is 12.4 Å². The van der Waals surface area contributed by atoms with Gasteiger partial charge >= 0.3 is 0 Å². The first kappa shape index (κ1) is 25.2. The van der Waals surface area contributed by atoms with Crippen molar-refractivity contribution in [1.29, 1.82) is 0 Å².